The van der Waals surface area contributed by atoms with E-state index in [0.717, 1.165) is 47.5 Å². The third kappa shape index (κ3) is 5.30. The van der Waals surface area contributed by atoms with Gasteiger partial charge in [-0.2, -0.15) is 0 Å². The lowest BCUT2D eigenvalue weighted by molar-refractivity contribution is 0.0950. The van der Waals surface area contributed by atoms with Gasteiger partial charge in [-0.1, -0.05) is 12.1 Å². The second kappa shape index (κ2) is 9.20. The van der Waals surface area contributed by atoms with Crippen LogP contribution in [0.15, 0.2) is 65.7 Å². The minimum absolute atomic E-state index is 0.143. The van der Waals surface area contributed by atoms with Gasteiger partial charge >= 0.3 is 0 Å². The van der Waals surface area contributed by atoms with Crippen LogP contribution < -0.4 is 16.0 Å². The van der Waals surface area contributed by atoms with E-state index in [1.807, 2.05) is 43.3 Å². The van der Waals surface area contributed by atoms with E-state index in [4.69, 9.17) is 15.7 Å². The molecule has 5 rings (SSSR count). The first kappa shape index (κ1) is 24.8. The number of pyridine rings is 3. The van der Waals surface area contributed by atoms with Crippen molar-refractivity contribution in [2.45, 2.75) is 30.8 Å². The van der Waals surface area contributed by atoms with E-state index in [1.165, 1.54) is 6.07 Å². The van der Waals surface area contributed by atoms with E-state index in [0.29, 0.717) is 11.3 Å². The Kier molecular flexibility index (Phi) is 6.17. The number of rotatable bonds is 6. The number of benzene rings is 1. The summed E-state index contributed by atoms with van der Waals surface area (Å²) in [6, 6.07) is 16.2. The summed E-state index contributed by atoms with van der Waals surface area (Å²) < 4.78 is 24.0. The molecular weight excluding hydrogens is 488 g/mol. The van der Waals surface area contributed by atoms with E-state index in [9.17, 15) is 13.2 Å². The molecule has 1 aliphatic heterocycles. The Morgan fingerprint density at radius 3 is 2.57 bits per heavy atom. The van der Waals surface area contributed by atoms with E-state index in [2.05, 4.69) is 15.2 Å². The van der Waals surface area contributed by atoms with Crippen molar-refractivity contribution in [3.63, 3.8) is 0 Å². The van der Waals surface area contributed by atoms with Gasteiger partial charge in [-0.15, -0.1) is 0 Å². The van der Waals surface area contributed by atoms with Gasteiger partial charge in [0.15, 0.2) is 9.84 Å². The minimum Gasteiger partial charge on any atom is -0.353 e. The molecule has 3 aromatic heterocycles. The summed E-state index contributed by atoms with van der Waals surface area (Å²) in [5.41, 5.74) is 9.69. The Morgan fingerprint density at radius 2 is 1.84 bits per heavy atom. The zero-order valence-electron chi connectivity index (χ0n) is 20.9. The van der Waals surface area contributed by atoms with Crippen LogP contribution in [-0.4, -0.2) is 54.2 Å². The highest BCUT2D eigenvalue weighted by atomic mass is 32.2. The highest BCUT2D eigenvalue weighted by molar-refractivity contribution is 7.90. The van der Waals surface area contributed by atoms with E-state index >= 15 is 0 Å². The molecule has 10 heteroatoms. The molecule has 0 spiro atoms. The van der Waals surface area contributed by atoms with Gasteiger partial charge in [0.1, 0.15) is 5.82 Å². The molecule has 1 amide bonds. The molecule has 0 saturated carbocycles. The van der Waals surface area contributed by atoms with Crippen molar-refractivity contribution in [2.24, 2.45) is 5.73 Å². The number of nitrogens with two attached hydrogens (primary N) is 1. The Hall–Kier alpha value is -3.89. The van der Waals surface area contributed by atoms with Gasteiger partial charge in [0, 0.05) is 42.0 Å². The fourth-order valence-electron chi connectivity index (χ4n) is 4.44. The normalized spacial score (nSPS) is 14.9. The maximum atomic E-state index is 12.7. The summed E-state index contributed by atoms with van der Waals surface area (Å²) in [4.78, 5) is 29.0. The lowest BCUT2D eigenvalue weighted by Crippen LogP contribution is -2.65. The van der Waals surface area contributed by atoms with Gasteiger partial charge in [-0.25, -0.2) is 18.4 Å². The number of aryl methyl sites for hydroxylation is 1. The first-order chi connectivity index (χ1) is 17.5. The predicted octanol–water partition coefficient (Wildman–Crippen LogP) is 2.87. The van der Waals surface area contributed by atoms with Gasteiger partial charge in [-0.05, 0) is 61.9 Å². The number of fused-ring (bicyclic) bond motifs is 1. The van der Waals surface area contributed by atoms with Crippen LogP contribution in [0.4, 0.5) is 5.82 Å². The SMILES string of the molecule is Cc1ccc(C(=O)NCc2cc3nc(-c4cccc(N5CC(C)(N)C5)n4)ccc3cn2)cc1S(C)(=O)=O. The van der Waals surface area contributed by atoms with Crippen molar-refractivity contribution in [3.8, 4) is 11.4 Å². The summed E-state index contributed by atoms with van der Waals surface area (Å²) in [7, 11) is -3.43. The highest BCUT2D eigenvalue weighted by Crippen LogP contribution is 2.27. The van der Waals surface area contributed by atoms with E-state index in [-0.39, 0.29) is 28.4 Å². The number of nitrogens with one attached hydrogen (secondary N) is 1. The molecule has 3 N–H and O–H groups in total. The fraction of sp³-hybridized carbons (Fsp3) is 0.259. The molecule has 4 heterocycles. The molecule has 0 unspecified atom stereocenters. The number of anilines is 1. The number of carbonyl (C=O) groups excluding carboxylic acids is 1. The third-order valence-corrected chi connectivity index (χ3v) is 7.57. The van der Waals surface area contributed by atoms with Crippen LogP contribution in [0.1, 0.15) is 28.5 Å². The number of sulfone groups is 1. The highest BCUT2D eigenvalue weighted by Gasteiger charge is 2.35. The number of hydrogen-bond donors (Lipinski definition) is 2. The third-order valence-electron chi connectivity index (χ3n) is 6.34. The average Bonchev–Trinajstić information content (AvgIpc) is 2.85. The van der Waals surface area contributed by atoms with E-state index < -0.39 is 9.84 Å². The Morgan fingerprint density at radius 1 is 1.08 bits per heavy atom. The Bertz CT molecular complexity index is 1630. The lowest BCUT2D eigenvalue weighted by Gasteiger charge is -2.46. The molecule has 1 fully saturated rings. The van der Waals surface area contributed by atoms with Crippen molar-refractivity contribution in [3.05, 3.63) is 77.6 Å². The molecule has 1 saturated heterocycles. The van der Waals surface area contributed by atoms with Gasteiger partial charge in [0.2, 0.25) is 0 Å². The molecule has 0 bridgehead atoms. The maximum Gasteiger partial charge on any atom is 0.251 e. The number of amides is 1. The Labute approximate surface area is 215 Å². The summed E-state index contributed by atoms with van der Waals surface area (Å²) in [6.45, 7) is 5.41. The van der Waals surface area contributed by atoms with E-state index in [1.54, 1.807) is 25.3 Å². The quantitative estimate of drug-likeness (QED) is 0.400. The zero-order valence-corrected chi connectivity index (χ0v) is 21.7. The van der Waals surface area contributed by atoms with Crippen LogP contribution in [0.25, 0.3) is 22.3 Å². The van der Waals surface area contributed by atoms with Gasteiger partial charge in [0.25, 0.3) is 5.91 Å². The topological polar surface area (TPSA) is 131 Å². The summed E-state index contributed by atoms with van der Waals surface area (Å²) >= 11 is 0. The molecule has 37 heavy (non-hydrogen) atoms. The van der Waals surface area contributed by atoms with Crippen LogP contribution >= 0.6 is 0 Å². The summed E-state index contributed by atoms with van der Waals surface area (Å²) in [5.74, 6) is 0.490. The monoisotopic (exact) mass is 516 g/mol. The molecule has 1 aliphatic rings. The van der Waals surface area contributed by atoms with Crippen molar-refractivity contribution >= 4 is 32.5 Å². The maximum absolute atomic E-state index is 12.7. The standard InChI is InChI=1S/C27H28N6O3S/c1-17-7-8-18(11-24(17)37(3,35)36)26(34)30-14-20-12-23-19(13-29-20)9-10-22(31-23)21-5-4-6-25(32-21)33-15-27(2,28)16-33/h4-13H,14-16,28H2,1-3H3,(H,30,34). The fourth-order valence-corrected chi connectivity index (χ4v) is 5.43. The molecule has 0 atom stereocenters. The van der Waals surface area contributed by atoms with Crippen LogP contribution in [0.2, 0.25) is 0 Å². The first-order valence-electron chi connectivity index (χ1n) is 11.8. The summed E-state index contributed by atoms with van der Waals surface area (Å²) in [6.07, 6.45) is 2.84. The van der Waals surface area contributed by atoms with Crippen LogP contribution in [0.3, 0.4) is 0 Å². The van der Waals surface area contributed by atoms with Crippen molar-refractivity contribution in [1.82, 2.24) is 20.3 Å². The van der Waals surface area contributed by atoms with Crippen LogP contribution in [-0.2, 0) is 16.4 Å². The van der Waals surface area contributed by atoms with Crippen molar-refractivity contribution in [2.75, 3.05) is 24.2 Å². The lowest BCUT2D eigenvalue weighted by atomic mass is 9.94. The number of carbonyl (C=O) groups is 1. The minimum atomic E-state index is -3.43. The Balaban J connectivity index is 1.34. The molecular formula is C27H28N6O3S. The molecule has 0 radical (unpaired) electrons. The van der Waals surface area contributed by atoms with Crippen molar-refractivity contribution < 1.29 is 13.2 Å². The smallest absolute Gasteiger partial charge is 0.251 e. The largest absolute Gasteiger partial charge is 0.353 e. The van der Waals surface area contributed by atoms with Gasteiger partial charge < -0.3 is 16.0 Å². The van der Waals surface area contributed by atoms with Crippen LogP contribution in [0, 0.1) is 6.92 Å². The molecule has 0 aliphatic carbocycles. The second-order valence-electron chi connectivity index (χ2n) is 9.89. The van der Waals surface area contributed by atoms with Crippen LogP contribution in [0.5, 0.6) is 0 Å². The summed E-state index contributed by atoms with van der Waals surface area (Å²) in [5, 5.41) is 3.68. The van der Waals surface area contributed by atoms with Crippen molar-refractivity contribution in [1.29, 1.82) is 0 Å². The first-order valence-corrected chi connectivity index (χ1v) is 13.7. The number of hydrogen-bond acceptors (Lipinski definition) is 8. The number of aromatic nitrogens is 3. The number of nitrogens with zero attached hydrogens (tertiary/aromatic N) is 4. The molecule has 1 aromatic carbocycles. The van der Waals surface area contributed by atoms with Gasteiger partial charge in [0.05, 0.1) is 34.0 Å². The molecule has 190 valence electrons. The average molecular weight is 517 g/mol. The second-order valence-corrected chi connectivity index (χ2v) is 11.9. The molecule has 4 aromatic rings. The zero-order chi connectivity index (χ0) is 26.4. The van der Waals surface area contributed by atoms with Gasteiger partial charge in [-0.3, -0.25) is 9.78 Å². The molecule has 9 nitrogen and oxygen atoms in total. The predicted molar refractivity (Wildman–Crippen MR) is 143 cm³/mol.